The summed E-state index contributed by atoms with van der Waals surface area (Å²) in [6.07, 6.45) is 0. The Morgan fingerprint density at radius 2 is 2.42 bits per heavy atom. The summed E-state index contributed by atoms with van der Waals surface area (Å²) in [5, 5.41) is 9.89. The second-order valence-electron chi connectivity index (χ2n) is 4.36. The van der Waals surface area contributed by atoms with E-state index in [9.17, 15) is 9.90 Å². The van der Waals surface area contributed by atoms with Gasteiger partial charge in [0.05, 0.1) is 7.11 Å². The Hall–Kier alpha value is -0.910. The number of hydrogen-bond donors (Lipinski definition) is 1. The SMILES string of the molecule is COc1ccc(Cl)cc1CN1CCSCC1C(=O)O. The van der Waals surface area contributed by atoms with Crippen molar-refractivity contribution in [2.45, 2.75) is 12.6 Å². The van der Waals surface area contributed by atoms with Crippen molar-refractivity contribution < 1.29 is 14.6 Å². The Balaban J connectivity index is 2.18. The first-order valence-electron chi connectivity index (χ1n) is 5.99. The minimum absolute atomic E-state index is 0.442. The summed E-state index contributed by atoms with van der Waals surface area (Å²) in [4.78, 5) is 13.2. The number of rotatable bonds is 4. The molecular formula is C13H16ClNO3S. The van der Waals surface area contributed by atoms with Gasteiger partial charge in [-0.3, -0.25) is 9.69 Å². The van der Waals surface area contributed by atoms with Crippen molar-refractivity contribution in [2.24, 2.45) is 0 Å². The third-order valence-electron chi connectivity index (χ3n) is 3.14. The van der Waals surface area contributed by atoms with Crippen LogP contribution in [0.3, 0.4) is 0 Å². The Morgan fingerprint density at radius 1 is 1.63 bits per heavy atom. The van der Waals surface area contributed by atoms with Crippen LogP contribution < -0.4 is 4.74 Å². The molecule has 104 valence electrons. The number of ether oxygens (including phenoxy) is 1. The number of hydrogen-bond acceptors (Lipinski definition) is 4. The van der Waals surface area contributed by atoms with Crippen molar-refractivity contribution >= 4 is 29.3 Å². The van der Waals surface area contributed by atoms with Gasteiger partial charge in [-0.2, -0.15) is 11.8 Å². The van der Waals surface area contributed by atoms with E-state index >= 15 is 0 Å². The van der Waals surface area contributed by atoms with E-state index in [-0.39, 0.29) is 0 Å². The first-order chi connectivity index (χ1) is 9.11. The molecule has 1 aliphatic rings. The third-order valence-corrected chi connectivity index (χ3v) is 4.40. The maximum Gasteiger partial charge on any atom is 0.321 e. The molecule has 4 nitrogen and oxygen atoms in total. The second kappa shape index (κ2) is 6.50. The molecule has 0 saturated carbocycles. The molecule has 0 bridgehead atoms. The molecule has 1 atom stereocenters. The van der Waals surface area contributed by atoms with Gasteiger partial charge in [-0.25, -0.2) is 0 Å². The van der Waals surface area contributed by atoms with Gasteiger partial charge < -0.3 is 9.84 Å². The van der Waals surface area contributed by atoms with Crippen molar-refractivity contribution in [1.29, 1.82) is 0 Å². The first kappa shape index (κ1) is 14.5. The number of carbonyl (C=O) groups is 1. The van der Waals surface area contributed by atoms with E-state index in [0.717, 1.165) is 23.6 Å². The zero-order valence-corrected chi connectivity index (χ0v) is 12.2. The van der Waals surface area contributed by atoms with Crippen LogP contribution >= 0.6 is 23.4 Å². The fraction of sp³-hybridized carbons (Fsp3) is 0.462. The van der Waals surface area contributed by atoms with Gasteiger partial charge in [0.25, 0.3) is 0 Å². The van der Waals surface area contributed by atoms with Crippen molar-refractivity contribution in [3.05, 3.63) is 28.8 Å². The van der Waals surface area contributed by atoms with Crippen molar-refractivity contribution in [1.82, 2.24) is 4.90 Å². The third kappa shape index (κ3) is 3.55. The van der Waals surface area contributed by atoms with Crippen LogP contribution in [0.25, 0.3) is 0 Å². The van der Waals surface area contributed by atoms with Crippen molar-refractivity contribution in [3.8, 4) is 5.75 Å². The van der Waals surface area contributed by atoms with Crippen LogP contribution in [-0.2, 0) is 11.3 Å². The lowest BCUT2D eigenvalue weighted by molar-refractivity contribution is -0.142. The molecule has 1 unspecified atom stereocenters. The highest BCUT2D eigenvalue weighted by atomic mass is 35.5. The minimum atomic E-state index is -0.770. The number of thioether (sulfide) groups is 1. The largest absolute Gasteiger partial charge is 0.496 e. The number of carboxylic acid groups (broad SMARTS) is 1. The van der Waals surface area contributed by atoms with Gasteiger partial charge in [-0.15, -0.1) is 0 Å². The molecule has 0 radical (unpaired) electrons. The van der Waals surface area contributed by atoms with E-state index in [2.05, 4.69) is 0 Å². The molecule has 0 aliphatic carbocycles. The van der Waals surface area contributed by atoms with Gasteiger partial charge in [0.1, 0.15) is 11.8 Å². The fourth-order valence-electron chi connectivity index (χ4n) is 2.14. The molecule has 1 fully saturated rings. The predicted molar refractivity (Wildman–Crippen MR) is 77.2 cm³/mol. The monoisotopic (exact) mass is 301 g/mol. The van der Waals surface area contributed by atoms with Crippen LogP contribution in [0.5, 0.6) is 5.75 Å². The van der Waals surface area contributed by atoms with Crippen LogP contribution in [0.4, 0.5) is 0 Å². The Bertz CT molecular complexity index is 469. The maximum atomic E-state index is 11.3. The molecule has 19 heavy (non-hydrogen) atoms. The zero-order valence-electron chi connectivity index (χ0n) is 10.6. The summed E-state index contributed by atoms with van der Waals surface area (Å²) in [7, 11) is 1.60. The Morgan fingerprint density at radius 3 is 3.11 bits per heavy atom. The van der Waals surface area contributed by atoms with Gasteiger partial charge in [0.2, 0.25) is 0 Å². The molecule has 1 N–H and O–H groups in total. The Kier molecular flexibility index (Phi) is 4.96. The highest BCUT2D eigenvalue weighted by molar-refractivity contribution is 7.99. The lowest BCUT2D eigenvalue weighted by Crippen LogP contribution is -2.46. The van der Waals surface area contributed by atoms with Crippen LogP contribution in [-0.4, -0.2) is 47.2 Å². The van der Waals surface area contributed by atoms with Crippen molar-refractivity contribution in [3.63, 3.8) is 0 Å². The number of benzene rings is 1. The average Bonchev–Trinajstić information content (AvgIpc) is 2.39. The minimum Gasteiger partial charge on any atom is -0.496 e. The Labute approximate surface area is 121 Å². The van der Waals surface area contributed by atoms with Gasteiger partial charge in [0, 0.05) is 35.2 Å². The normalized spacial score (nSPS) is 20.2. The number of methoxy groups -OCH3 is 1. The fourth-order valence-corrected chi connectivity index (χ4v) is 3.45. The molecule has 6 heteroatoms. The quantitative estimate of drug-likeness (QED) is 0.925. The molecule has 0 amide bonds. The van der Waals surface area contributed by atoms with Crippen LogP contribution in [0.2, 0.25) is 5.02 Å². The summed E-state index contributed by atoms with van der Waals surface area (Å²) >= 11 is 7.67. The standard InChI is InChI=1S/C13H16ClNO3S/c1-18-12-3-2-10(14)6-9(12)7-15-4-5-19-8-11(15)13(16)17/h2-3,6,11H,4-5,7-8H2,1H3,(H,16,17). The first-order valence-corrected chi connectivity index (χ1v) is 7.52. The smallest absolute Gasteiger partial charge is 0.321 e. The highest BCUT2D eigenvalue weighted by Crippen LogP contribution is 2.26. The summed E-state index contributed by atoms with van der Waals surface area (Å²) < 4.78 is 5.30. The highest BCUT2D eigenvalue weighted by Gasteiger charge is 2.29. The van der Waals surface area contributed by atoms with E-state index in [0.29, 0.717) is 17.3 Å². The summed E-state index contributed by atoms with van der Waals surface area (Å²) in [5.74, 6) is 1.55. The molecule has 2 rings (SSSR count). The molecule has 1 aromatic carbocycles. The molecule has 1 saturated heterocycles. The molecule has 0 aromatic heterocycles. The summed E-state index contributed by atoms with van der Waals surface area (Å²) in [5.41, 5.74) is 0.924. The molecule has 1 heterocycles. The summed E-state index contributed by atoms with van der Waals surface area (Å²) in [6, 6.07) is 4.97. The maximum absolute atomic E-state index is 11.3. The van der Waals surface area contributed by atoms with E-state index in [4.69, 9.17) is 16.3 Å². The van der Waals surface area contributed by atoms with E-state index in [1.165, 1.54) is 0 Å². The second-order valence-corrected chi connectivity index (χ2v) is 5.94. The van der Waals surface area contributed by atoms with Gasteiger partial charge in [-0.1, -0.05) is 11.6 Å². The summed E-state index contributed by atoms with van der Waals surface area (Å²) in [6.45, 7) is 1.30. The van der Waals surface area contributed by atoms with E-state index < -0.39 is 12.0 Å². The van der Waals surface area contributed by atoms with Gasteiger partial charge >= 0.3 is 5.97 Å². The van der Waals surface area contributed by atoms with Gasteiger partial charge in [0.15, 0.2) is 0 Å². The van der Waals surface area contributed by atoms with Crippen molar-refractivity contribution in [2.75, 3.05) is 25.2 Å². The zero-order chi connectivity index (χ0) is 13.8. The topological polar surface area (TPSA) is 49.8 Å². The lowest BCUT2D eigenvalue weighted by atomic mass is 10.1. The lowest BCUT2D eigenvalue weighted by Gasteiger charge is -2.32. The molecule has 0 spiro atoms. The number of nitrogens with zero attached hydrogens (tertiary/aromatic N) is 1. The molecule has 1 aliphatic heterocycles. The number of halogens is 1. The average molecular weight is 302 g/mol. The number of aliphatic carboxylic acids is 1. The van der Waals surface area contributed by atoms with Crippen LogP contribution in [0, 0.1) is 0 Å². The predicted octanol–water partition coefficient (Wildman–Crippen LogP) is 2.35. The van der Waals surface area contributed by atoms with E-state index in [1.807, 2.05) is 17.0 Å². The van der Waals surface area contributed by atoms with Crippen LogP contribution in [0.1, 0.15) is 5.56 Å². The molecular weight excluding hydrogens is 286 g/mol. The van der Waals surface area contributed by atoms with Gasteiger partial charge in [-0.05, 0) is 18.2 Å². The van der Waals surface area contributed by atoms with Crippen LogP contribution in [0.15, 0.2) is 18.2 Å². The number of carboxylic acids is 1. The van der Waals surface area contributed by atoms with E-state index in [1.54, 1.807) is 24.9 Å². The molecule has 1 aromatic rings.